The van der Waals surface area contributed by atoms with Crippen molar-refractivity contribution in [3.63, 3.8) is 0 Å². The molecular formula is C19H39Cl. The number of hydrogen-bond acceptors (Lipinski definition) is 0. The average molecular weight is 303 g/mol. The van der Waals surface area contributed by atoms with E-state index < -0.39 is 0 Å². The quantitative estimate of drug-likeness (QED) is 0.201. The van der Waals surface area contributed by atoms with Crippen molar-refractivity contribution in [2.45, 2.75) is 122 Å². The maximum Gasteiger partial charge on any atom is 0.0336 e. The van der Waals surface area contributed by atoms with Crippen LogP contribution in [0.3, 0.4) is 0 Å². The van der Waals surface area contributed by atoms with Gasteiger partial charge in [-0.25, -0.2) is 0 Å². The van der Waals surface area contributed by atoms with E-state index in [1.807, 2.05) is 0 Å². The predicted molar refractivity (Wildman–Crippen MR) is 94.9 cm³/mol. The van der Waals surface area contributed by atoms with Crippen LogP contribution in [0.2, 0.25) is 0 Å². The van der Waals surface area contributed by atoms with Gasteiger partial charge < -0.3 is 0 Å². The molecule has 0 aliphatic rings. The van der Waals surface area contributed by atoms with Gasteiger partial charge in [0.15, 0.2) is 0 Å². The van der Waals surface area contributed by atoms with Crippen molar-refractivity contribution in [2.24, 2.45) is 0 Å². The standard InChI is InChI=1S/C19H39Cl/c1-3-5-7-9-11-13-15-17-19(20)18-16-14-12-10-8-6-4-2/h19H,3-18H2,1-2H3. The summed E-state index contributed by atoms with van der Waals surface area (Å²) in [5.41, 5.74) is 0. The Balaban J connectivity index is 3.11. The van der Waals surface area contributed by atoms with Crippen molar-refractivity contribution in [1.29, 1.82) is 0 Å². The molecule has 0 atom stereocenters. The zero-order valence-electron chi connectivity index (χ0n) is 14.3. The van der Waals surface area contributed by atoms with Crippen molar-refractivity contribution in [3.8, 4) is 0 Å². The molecule has 0 bridgehead atoms. The molecule has 0 amide bonds. The van der Waals surface area contributed by atoms with Crippen LogP contribution in [-0.4, -0.2) is 5.38 Å². The van der Waals surface area contributed by atoms with E-state index in [9.17, 15) is 0 Å². The first-order valence-electron chi connectivity index (χ1n) is 9.45. The van der Waals surface area contributed by atoms with Gasteiger partial charge in [0.05, 0.1) is 0 Å². The van der Waals surface area contributed by atoms with Crippen molar-refractivity contribution in [2.75, 3.05) is 0 Å². The summed E-state index contributed by atoms with van der Waals surface area (Å²) in [4.78, 5) is 0. The molecule has 20 heavy (non-hydrogen) atoms. The number of alkyl halides is 1. The number of halogens is 1. The molecule has 1 heteroatoms. The molecule has 0 aliphatic heterocycles. The molecule has 0 fully saturated rings. The Labute approximate surface area is 134 Å². The predicted octanol–water partition coefficient (Wildman–Crippen LogP) is 7.88. The second-order valence-corrected chi connectivity index (χ2v) is 7.03. The Hall–Kier alpha value is 0.290. The molecule has 0 aromatic carbocycles. The second kappa shape index (κ2) is 17.3. The smallest absolute Gasteiger partial charge is 0.0336 e. The highest BCUT2D eigenvalue weighted by molar-refractivity contribution is 6.20. The van der Waals surface area contributed by atoms with Gasteiger partial charge in [-0.3, -0.25) is 0 Å². The van der Waals surface area contributed by atoms with Gasteiger partial charge in [0.1, 0.15) is 0 Å². The first-order chi connectivity index (χ1) is 9.81. The van der Waals surface area contributed by atoms with Crippen molar-refractivity contribution >= 4 is 11.6 Å². The van der Waals surface area contributed by atoms with E-state index in [-0.39, 0.29) is 0 Å². The van der Waals surface area contributed by atoms with Gasteiger partial charge >= 0.3 is 0 Å². The van der Waals surface area contributed by atoms with E-state index in [1.165, 1.54) is 103 Å². The fourth-order valence-corrected chi connectivity index (χ4v) is 3.10. The summed E-state index contributed by atoms with van der Waals surface area (Å²) >= 11 is 6.41. The molecular weight excluding hydrogens is 264 g/mol. The van der Waals surface area contributed by atoms with Crippen molar-refractivity contribution in [1.82, 2.24) is 0 Å². The van der Waals surface area contributed by atoms with E-state index in [0.717, 1.165) is 0 Å². The second-order valence-electron chi connectivity index (χ2n) is 6.42. The molecule has 0 aliphatic carbocycles. The van der Waals surface area contributed by atoms with E-state index in [2.05, 4.69) is 13.8 Å². The molecule has 0 saturated heterocycles. The summed E-state index contributed by atoms with van der Waals surface area (Å²) in [5.74, 6) is 0. The lowest BCUT2D eigenvalue weighted by atomic mass is 10.0. The lowest BCUT2D eigenvalue weighted by Crippen LogP contribution is -1.98. The topological polar surface area (TPSA) is 0 Å². The molecule has 0 aromatic rings. The Morgan fingerprint density at radius 3 is 1.15 bits per heavy atom. The number of hydrogen-bond donors (Lipinski definition) is 0. The summed E-state index contributed by atoms with van der Waals surface area (Å²) in [5, 5.41) is 0.446. The van der Waals surface area contributed by atoms with Crippen LogP contribution in [0.15, 0.2) is 0 Å². The largest absolute Gasteiger partial charge is 0.123 e. The van der Waals surface area contributed by atoms with Crippen LogP contribution in [-0.2, 0) is 0 Å². The summed E-state index contributed by atoms with van der Waals surface area (Å²) < 4.78 is 0. The van der Waals surface area contributed by atoms with Crippen LogP contribution in [0.4, 0.5) is 0 Å². The van der Waals surface area contributed by atoms with Gasteiger partial charge in [0.25, 0.3) is 0 Å². The molecule has 0 unspecified atom stereocenters. The number of unbranched alkanes of at least 4 members (excludes halogenated alkanes) is 12. The Bertz CT molecular complexity index is 149. The molecule has 0 nitrogen and oxygen atoms in total. The Morgan fingerprint density at radius 1 is 0.500 bits per heavy atom. The van der Waals surface area contributed by atoms with Gasteiger partial charge in [0, 0.05) is 5.38 Å². The maximum atomic E-state index is 6.41. The highest BCUT2D eigenvalue weighted by atomic mass is 35.5. The normalized spacial score (nSPS) is 11.4. The minimum atomic E-state index is 0.446. The minimum absolute atomic E-state index is 0.446. The van der Waals surface area contributed by atoms with Gasteiger partial charge in [0.2, 0.25) is 0 Å². The van der Waals surface area contributed by atoms with Crippen LogP contribution >= 0.6 is 11.6 Å². The van der Waals surface area contributed by atoms with Gasteiger partial charge in [-0.2, -0.15) is 0 Å². The molecule has 0 radical (unpaired) electrons. The zero-order chi connectivity index (χ0) is 14.9. The molecule has 0 N–H and O–H groups in total. The van der Waals surface area contributed by atoms with Gasteiger partial charge in [-0.05, 0) is 12.8 Å². The first-order valence-corrected chi connectivity index (χ1v) is 9.89. The maximum absolute atomic E-state index is 6.41. The molecule has 0 spiro atoms. The average Bonchev–Trinajstić information content (AvgIpc) is 2.45. The lowest BCUT2D eigenvalue weighted by Gasteiger charge is -2.09. The Morgan fingerprint density at radius 2 is 0.800 bits per heavy atom. The molecule has 0 saturated carbocycles. The monoisotopic (exact) mass is 302 g/mol. The van der Waals surface area contributed by atoms with E-state index in [4.69, 9.17) is 11.6 Å². The summed E-state index contributed by atoms with van der Waals surface area (Å²) in [6.07, 6.45) is 22.0. The first kappa shape index (κ1) is 20.3. The summed E-state index contributed by atoms with van der Waals surface area (Å²) in [7, 11) is 0. The zero-order valence-corrected chi connectivity index (χ0v) is 15.0. The third-order valence-electron chi connectivity index (χ3n) is 4.24. The van der Waals surface area contributed by atoms with Crippen molar-refractivity contribution in [3.05, 3.63) is 0 Å². The third-order valence-corrected chi connectivity index (χ3v) is 4.68. The molecule has 0 heterocycles. The highest BCUT2D eigenvalue weighted by Crippen LogP contribution is 2.18. The fourth-order valence-electron chi connectivity index (χ4n) is 2.79. The van der Waals surface area contributed by atoms with Crippen molar-refractivity contribution < 1.29 is 0 Å². The lowest BCUT2D eigenvalue weighted by molar-refractivity contribution is 0.532. The van der Waals surface area contributed by atoms with Crippen LogP contribution in [0.1, 0.15) is 117 Å². The van der Waals surface area contributed by atoms with Crippen LogP contribution < -0.4 is 0 Å². The summed E-state index contributed by atoms with van der Waals surface area (Å²) in [6.45, 7) is 4.56. The highest BCUT2D eigenvalue weighted by Gasteiger charge is 2.04. The minimum Gasteiger partial charge on any atom is -0.123 e. The van der Waals surface area contributed by atoms with Crippen LogP contribution in [0.5, 0.6) is 0 Å². The molecule has 0 aromatic heterocycles. The summed E-state index contributed by atoms with van der Waals surface area (Å²) in [6, 6.07) is 0. The number of rotatable bonds is 16. The Kier molecular flexibility index (Phi) is 17.6. The molecule has 122 valence electrons. The fraction of sp³-hybridized carbons (Fsp3) is 1.00. The van der Waals surface area contributed by atoms with E-state index in [1.54, 1.807) is 0 Å². The van der Waals surface area contributed by atoms with Gasteiger partial charge in [-0.1, -0.05) is 104 Å². The SMILES string of the molecule is CCCCCCCCCC(Cl)CCCCCCCCC. The van der Waals surface area contributed by atoms with Crippen LogP contribution in [0, 0.1) is 0 Å². The van der Waals surface area contributed by atoms with Gasteiger partial charge in [-0.15, -0.1) is 11.6 Å². The van der Waals surface area contributed by atoms with E-state index in [0.29, 0.717) is 5.38 Å². The van der Waals surface area contributed by atoms with E-state index >= 15 is 0 Å². The molecule has 0 rings (SSSR count). The third kappa shape index (κ3) is 16.3. The van der Waals surface area contributed by atoms with Crippen LogP contribution in [0.25, 0.3) is 0 Å².